The molecule has 1 aliphatic heterocycles. The zero-order chi connectivity index (χ0) is 21.5. The van der Waals surface area contributed by atoms with Gasteiger partial charge in [-0.15, -0.1) is 0 Å². The van der Waals surface area contributed by atoms with Crippen LogP contribution >= 0.6 is 0 Å². The van der Waals surface area contributed by atoms with Gasteiger partial charge in [-0.05, 0) is 35.7 Å². The number of ether oxygens (including phenoxy) is 3. The highest BCUT2D eigenvalue weighted by molar-refractivity contribution is 5.92. The Morgan fingerprint density at radius 2 is 1.52 bits per heavy atom. The number of nitrogens with one attached hydrogen (secondary N) is 1. The molecule has 3 aromatic rings. The molecule has 0 radical (unpaired) electrons. The van der Waals surface area contributed by atoms with E-state index in [2.05, 4.69) is 29.6 Å². The van der Waals surface area contributed by atoms with Crippen molar-refractivity contribution in [1.82, 2.24) is 5.32 Å². The van der Waals surface area contributed by atoms with Gasteiger partial charge >= 0.3 is 5.97 Å². The Morgan fingerprint density at radius 1 is 0.871 bits per heavy atom. The maximum Gasteiger partial charge on any atom is 0.338 e. The number of carbonyl (C=O) groups excluding carboxylic acids is 2. The topological polar surface area (TPSA) is 73.9 Å². The summed E-state index contributed by atoms with van der Waals surface area (Å²) in [5.41, 5.74) is 2.69. The number of amides is 1. The summed E-state index contributed by atoms with van der Waals surface area (Å²) < 4.78 is 15.6. The molecule has 0 saturated heterocycles. The minimum absolute atomic E-state index is 0.128. The highest BCUT2D eigenvalue weighted by atomic mass is 16.7. The van der Waals surface area contributed by atoms with Crippen LogP contribution < -0.4 is 14.8 Å². The molecule has 6 nitrogen and oxygen atoms in total. The normalized spacial score (nSPS) is 11.9. The van der Waals surface area contributed by atoms with E-state index in [9.17, 15) is 9.59 Å². The van der Waals surface area contributed by atoms with E-state index in [0.717, 1.165) is 6.42 Å². The lowest BCUT2D eigenvalue weighted by Gasteiger charge is -2.18. The van der Waals surface area contributed by atoms with Gasteiger partial charge in [-0.1, -0.05) is 60.7 Å². The van der Waals surface area contributed by atoms with Crippen molar-refractivity contribution in [2.75, 3.05) is 19.9 Å². The first-order valence-corrected chi connectivity index (χ1v) is 10.1. The molecule has 0 atom stereocenters. The van der Waals surface area contributed by atoms with Crippen LogP contribution in [-0.2, 0) is 9.53 Å². The number of hydrogen-bond donors (Lipinski definition) is 1. The average Bonchev–Trinajstić information content (AvgIpc) is 3.29. The van der Waals surface area contributed by atoms with Crippen molar-refractivity contribution in [2.24, 2.45) is 0 Å². The predicted octanol–water partition coefficient (Wildman–Crippen LogP) is 3.91. The molecule has 0 unspecified atom stereocenters. The Kier molecular flexibility index (Phi) is 6.47. The second kappa shape index (κ2) is 9.80. The summed E-state index contributed by atoms with van der Waals surface area (Å²) in [6, 6.07) is 25.2. The molecule has 0 fully saturated rings. The number of benzene rings is 3. The fraction of sp³-hybridized carbons (Fsp3) is 0.200. The van der Waals surface area contributed by atoms with Crippen molar-refractivity contribution in [2.45, 2.75) is 12.3 Å². The molecule has 0 aromatic heterocycles. The fourth-order valence-electron chi connectivity index (χ4n) is 3.54. The third kappa shape index (κ3) is 5.22. The Bertz CT molecular complexity index is 997. The second-order valence-electron chi connectivity index (χ2n) is 7.16. The van der Waals surface area contributed by atoms with E-state index in [1.54, 1.807) is 18.2 Å². The van der Waals surface area contributed by atoms with Crippen molar-refractivity contribution < 1.29 is 23.8 Å². The lowest BCUT2D eigenvalue weighted by molar-refractivity contribution is -0.124. The Labute approximate surface area is 180 Å². The molecule has 0 aliphatic carbocycles. The molecule has 1 heterocycles. The number of carbonyl (C=O) groups is 2. The van der Waals surface area contributed by atoms with Crippen LogP contribution in [0.2, 0.25) is 0 Å². The van der Waals surface area contributed by atoms with E-state index in [0.29, 0.717) is 23.6 Å². The minimum atomic E-state index is -0.583. The molecule has 1 N–H and O–H groups in total. The highest BCUT2D eigenvalue weighted by Gasteiger charge is 2.18. The largest absolute Gasteiger partial charge is 0.454 e. The SMILES string of the molecule is O=C(COC(=O)c1ccc2c(c1)OCO2)NCCC(c1ccccc1)c1ccccc1. The van der Waals surface area contributed by atoms with Gasteiger partial charge in [-0.3, -0.25) is 4.79 Å². The molecule has 3 aromatic carbocycles. The Balaban J connectivity index is 1.28. The number of fused-ring (bicyclic) bond motifs is 1. The summed E-state index contributed by atoms with van der Waals surface area (Å²) >= 11 is 0. The molecule has 0 bridgehead atoms. The van der Waals surface area contributed by atoms with Crippen molar-refractivity contribution in [1.29, 1.82) is 0 Å². The average molecular weight is 417 g/mol. The summed E-state index contributed by atoms with van der Waals surface area (Å²) in [5, 5.41) is 2.84. The standard InChI is InChI=1S/C25H23NO5/c27-24(16-29-25(28)20-11-12-22-23(15-20)31-17-30-22)26-14-13-21(18-7-3-1-4-8-18)19-9-5-2-6-10-19/h1-12,15,21H,13-14,16-17H2,(H,26,27). The predicted molar refractivity (Wildman–Crippen MR) is 115 cm³/mol. The zero-order valence-electron chi connectivity index (χ0n) is 17.0. The van der Waals surface area contributed by atoms with Crippen LogP contribution in [-0.4, -0.2) is 31.8 Å². The van der Waals surface area contributed by atoms with Crippen LogP contribution in [0.1, 0.15) is 33.8 Å². The van der Waals surface area contributed by atoms with Crippen LogP contribution in [0.3, 0.4) is 0 Å². The first-order valence-electron chi connectivity index (χ1n) is 10.1. The van der Waals surface area contributed by atoms with Crippen molar-refractivity contribution >= 4 is 11.9 Å². The van der Waals surface area contributed by atoms with E-state index in [-0.39, 0.29) is 25.2 Å². The Hall–Kier alpha value is -3.80. The molecule has 0 saturated carbocycles. The van der Waals surface area contributed by atoms with Crippen molar-refractivity contribution in [3.63, 3.8) is 0 Å². The minimum Gasteiger partial charge on any atom is -0.454 e. The van der Waals surface area contributed by atoms with E-state index in [1.165, 1.54) is 11.1 Å². The quantitative estimate of drug-likeness (QED) is 0.563. The van der Waals surface area contributed by atoms with Gasteiger partial charge in [0.2, 0.25) is 6.79 Å². The van der Waals surface area contributed by atoms with Gasteiger partial charge in [0.15, 0.2) is 18.1 Å². The molecule has 31 heavy (non-hydrogen) atoms. The monoisotopic (exact) mass is 417 g/mol. The molecule has 0 spiro atoms. The van der Waals surface area contributed by atoms with Gasteiger partial charge in [0.05, 0.1) is 5.56 Å². The van der Waals surface area contributed by atoms with Crippen LogP contribution in [0.15, 0.2) is 78.9 Å². The van der Waals surface area contributed by atoms with Gasteiger partial charge < -0.3 is 19.5 Å². The summed E-state index contributed by atoms with van der Waals surface area (Å²) in [6.45, 7) is 0.257. The molecular weight excluding hydrogens is 394 g/mol. The third-order valence-corrected chi connectivity index (χ3v) is 5.10. The first-order chi connectivity index (χ1) is 15.2. The van der Waals surface area contributed by atoms with Gasteiger partial charge in [-0.25, -0.2) is 4.79 Å². The van der Waals surface area contributed by atoms with E-state index in [4.69, 9.17) is 14.2 Å². The smallest absolute Gasteiger partial charge is 0.338 e. The lowest BCUT2D eigenvalue weighted by Crippen LogP contribution is -2.30. The first kappa shape index (κ1) is 20.5. The van der Waals surface area contributed by atoms with E-state index >= 15 is 0 Å². The number of hydrogen-bond acceptors (Lipinski definition) is 5. The fourth-order valence-corrected chi connectivity index (χ4v) is 3.54. The summed E-state index contributed by atoms with van der Waals surface area (Å²) in [4.78, 5) is 24.4. The summed E-state index contributed by atoms with van der Waals surface area (Å²) in [6.07, 6.45) is 0.732. The molecule has 158 valence electrons. The summed E-state index contributed by atoms with van der Waals surface area (Å²) in [7, 11) is 0. The lowest BCUT2D eigenvalue weighted by atomic mass is 9.88. The molecular formula is C25H23NO5. The highest BCUT2D eigenvalue weighted by Crippen LogP contribution is 2.32. The van der Waals surface area contributed by atoms with Crippen LogP contribution in [0.5, 0.6) is 11.5 Å². The van der Waals surface area contributed by atoms with Gasteiger partial charge in [-0.2, -0.15) is 0 Å². The maximum atomic E-state index is 12.2. The molecule has 6 heteroatoms. The zero-order valence-corrected chi connectivity index (χ0v) is 17.0. The van der Waals surface area contributed by atoms with E-state index < -0.39 is 5.97 Å². The van der Waals surface area contributed by atoms with Gasteiger partial charge in [0, 0.05) is 12.5 Å². The van der Waals surface area contributed by atoms with E-state index in [1.807, 2.05) is 36.4 Å². The maximum absolute atomic E-state index is 12.2. The van der Waals surface area contributed by atoms with Gasteiger partial charge in [0.1, 0.15) is 0 Å². The molecule has 4 rings (SSSR count). The van der Waals surface area contributed by atoms with Crippen molar-refractivity contribution in [3.8, 4) is 11.5 Å². The third-order valence-electron chi connectivity index (χ3n) is 5.10. The second-order valence-corrected chi connectivity index (χ2v) is 7.16. The van der Waals surface area contributed by atoms with Crippen LogP contribution in [0.25, 0.3) is 0 Å². The summed E-state index contributed by atoms with van der Waals surface area (Å²) in [5.74, 6) is 0.320. The van der Waals surface area contributed by atoms with Crippen LogP contribution in [0.4, 0.5) is 0 Å². The van der Waals surface area contributed by atoms with Crippen LogP contribution in [0, 0.1) is 0 Å². The Morgan fingerprint density at radius 3 is 2.19 bits per heavy atom. The number of rotatable bonds is 8. The number of esters is 1. The molecule has 1 amide bonds. The molecule has 1 aliphatic rings. The van der Waals surface area contributed by atoms with Crippen molar-refractivity contribution in [3.05, 3.63) is 95.6 Å². The van der Waals surface area contributed by atoms with Gasteiger partial charge in [0.25, 0.3) is 5.91 Å².